The predicted octanol–water partition coefficient (Wildman–Crippen LogP) is 4.22. The summed E-state index contributed by atoms with van der Waals surface area (Å²) in [6.07, 6.45) is 1.47. The maximum atomic E-state index is 12.1. The van der Waals surface area contributed by atoms with E-state index in [2.05, 4.69) is 33.0 Å². The number of hydrogen-bond acceptors (Lipinski definition) is 3. The smallest absolute Gasteiger partial charge is 0.407 e. The monoisotopic (exact) mass is 347 g/mol. The zero-order valence-electron chi connectivity index (χ0n) is 15.6. The normalized spacial score (nSPS) is 20.5. The molecule has 1 amide bonds. The second-order valence-corrected chi connectivity index (χ2v) is 8.86. The van der Waals surface area contributed by atoms with Gasteiger partial charge in [-0.05, 0) is 35.7 Å². The molecule has 0 unspecified atom stereocenters. The third kappa shape index (κ3) is 5.21. The van der Waals surface area contributed by atoms with Crippen LogP contribution >= 0.6 is 0 Å². The van der Waals surface area contributed by atoms with Crippen molar-refractivity contribution in [1.29, 1.82) is 0 Å². The largest absolute Gasteiger partial charge is 0.481 e. The van der Waals surface area contributed by atoms with Gasteiger partial charge in [0.1, 0.15) is 6.61 Å². The summed E-state index contributed by atoms with van der Waals surface area (Å²) in [7, 11) is 0. The predicted molar refractivity (Wildman–Crippen MR) is 96.1 cm³/mol. The molecule has 138 valence electrons. The molecule has 0 aromatic heterocycles. The molecule has 25 heavy (non-hydrogen) atoms. The van der Waals surface area contributed by atoms with Crippen molar-refractivity contribution in [1.82, 2.24) is 5.32 Å². The van der Waals surface area contributed by atoms with Crippen molar-refractivity contribution < 1.29 is 19.4 Å². The highest BCUT2D eigenvalue weighted by molar-refractivity contribution is 5.77. The van der Waals surface area contributed by atoms with E-state index in [1.54, 1.807) is 0 Å². The second-order valence-electron chi connectivity index (χ2n) is 8.86. The number of aliphatic carboxylic acids is 1. The zero-order chi connectivity index (χ0) is 18.7. The average molecular weight is 347 g/mol. The first-order valence-electron chi connectivity index (χ1n) is 8.72. The quantitative estimate of drug-likeness (QED) is 0.836. The zero-order valence-corrected chi connectivity index (χ0v) is 15.6. The molecule has 2 N–H and O–H groups in total. The Kier molecular flexibility index (Phi) is 5.45. The van der Waals surface area contributed by atoms with Crippen LogP contribution in [0.2, 0.25) is 0 Å². The van der Waals surface area contributed by atoms with Crippen LogP contribution in [0.5, 0.6) is 0 Å². The van der Waals surface area contributed by atoms with Gasteiger partial charge in [0.05, 0.1) is 5.41 Å². The van der Waals surface area contributed by atoms with Gasteiger partial charge in [-0.15, -0.1) is 0 Å². The van der Waals surface area contributed by atoms with Crippen LogP contribution in [0.25, 0.3) is 0 Å². The van der Waals surface area contributed by atoms with Crippen LogP contribution in [0.4, 0.5) is 4.79 Å². The van der Waals surface area contributed by atoms with Crippen LogP contribution in [0.3, 0.4) is 0 Å². The minimum Gasteiger partial charge on any atom is -0.481 e. The van der Waals surface area contributed by atoms with Crippen molar-refractivity contribution >= 4 is 12.1 Å². The van der Waals surface area contributed by atoms with Crippen LogP contribution in [0.15, 0.2) is 30.3 Å². The molecule has 0 bridgehead atoms. The highest BCUT2D eigenvalue weighted by Crippen LogP contribution is 2.54. The van der Waals surface area contributed by atoms with E-state index in [0.29, 0.717) is 12.8 Å². The topological polar surface area (TPSA) is 75.6 Å². The first kappa shape index (κ1) is 19.3. The summed E-state index contributed by atoms with van der Waals surface area (Å²) in [5.74, 6) is -0.850. The summed E-state index contributed by atoms with van der Waals surface area (Å²) >= 11 is 0. The fourth-order valence-corrected chi connectivity index (χ4v) is 4.68. The Bertz CT molecular complexity index is 606. The number of carbonyl (C=O) groups is 2. The number of hydrogen-bond donors (Lipinski definition) is 2. The summed E-state index contributed by atoms with van der Waals surface area (Å²) in [6, 6.07) is 9.40. The number of alkyl carbamates (subject to hydrolysis) is 1. The number of carboxylic acid groups (broad SMARTS) is 1. The Hall–Kier alpha value is -2.04. The van der Waals surface area contributed by atoms with Crippen molar-refractivity contribution in [2.45, 2.75) is 53.6 Å². The van der Waals surface area contributed by atoms with Gasteiger partial charge in [-0.2, -0.15) is 0 Å². The number of carboxylic acids is 1. The molecule has 0 aliphatic heterocycles. The molecule has 5 nitrogen and oxygen atoms in total. The van der Waals surface area contributed by atoms with Gasteiger partial charge in [0.15, 0.2) is 0 Å². The van der Waals surface area contributed by atoms with Crippen LogP contribution in [0.1, 0.15) is 52.5 Å². The third-order valence-electron chi connectivity index (χ3n) is 4.83. The van der Waals surface area contributed by atoms with E-state index in [-0.39, 0.29) is 24.0 Å². The molecule has 1 saturated carbocycles. The maximum Gasteiger partial charge on any atom is 0.407 e. The minimum atomic E-state index is -0.961. The molecule has 1 aliphatic carbocycles. The molecular weight excluding hydrogens is 318 g/mol. The van der Waals surface area contributed by atoms with Crippen molar-refractivity contribution in [3.8, 4) is 0 Å². The molecule has 1 aromatic carbocycles. The van der Waals surface area contributed by atoms with E-state index >= 15 is 0 Å². The SMILES string of the molecule is CC1(C)CC(C)(C)CC(CNC(=O)OCc2ccccc2)(C(=O)O)C1. The van der Waals surface area contributed by atoms with E-state index in [1.165, 1.54) is 0 Å². The van der Waals surface area contributed by atoms with Crippen LogP contribution in [-0.4, -0.2) is 23.7 Å². The van der Waals surface area contributed by atoms with E-state index in [9.17, 15) is 14.7 Å². The van der Waals surface area contributed by atoms with Gasteiger partial charge in [0.2, 0.25) is 0 Å². The molecular formula is C20H29NO4. The Labute approximate surface area is 149 Å². The summed E-state index contributed by atoms with van der Waals surface area (Å²) in [4.78, 5) is 24.1. The lowest BCUT2D eigenvalue weighted by molar-refractivity contribution is -0.157. The first-order valence-corrected chi connectivity index (χ1v) is 8.72. The minimum absolute atomic E-state index is 0.0861. The van der Waals surface area contributed by atoms with Gasteiger partial charge >= 0.3 is 12.1 Å². The number of amides is 1. The first-order chi connectivity index (χ1) is 11.5. The number of rotatable bonds is 5. The number of nitrogens with one attached hydrogen (secondary N) is 1. The molecule has 0 spiro atoms. The number of ether oxygens (including phenoxy) is 1. The van der Waals surface area contributed by atoms with E-state index < -0.39 is 17.5 Å². The number of carbonyl (C=O) groups excluding carboxylic acids is 1. The van der Waals surface area contributed by atoms with Gasteiger partial charge in [-0.1, -0.05) is 58.0 Å². The fraction of sp³-hybridized carbons (Fsp3) is 0.600. The van der Waals surface area contributed by atoms with Gasteiger partial charge in [-0.25, -0.2) is 4.79 Å². The van der Waals surface area contributed by atoms with Crippen molar-refractivity contribution in [2.75, 3.05) is 6.54 Å². The highest BCUT2D eigenvalue weighted by Gasteiger charge is 2.52. The summed E-state index contributed by atoms with van der Waals surface area (Å²) < 4.78 is 5.20. The molecule has 0 radical (unpaired) electrons. The Balaban J connectivity index is 1.99. The van der Waals surface area contributed by atoms with Crippen molar-refractivity contribution in [3.05, 3.63) is 35.9 Å². The Morgan fingerprint density at radius 3 is 2.12 bits per heavy atom. The highest BCUT2D eigenvalue weighted by atomic mass is 16.5. The second kappa shape index (κ2) is 7.06. The van der Waals surface area contributed by atoms with Crippen LogP contribution in [0, 0.1) is 16.2 Å². The van der Waals surface area contributed by atoms with E-state index in [0.717, 1.165) is 12.0 Å². The molecule has 1 aliphatic rings. The fourth-order valence-electron chi connectivity index (χ4n) is 4.68. The molecule has 0 atom stereocenters. The Morgan fingerprint density at radius 1 is 1.04 bits per heavy atom. The van der Waals surface area contributed by atoms with Gasteiger partial charge < -0.3 is 15.2 Å². The molecule has 5 heteroatoms. The molecule has 1 fully saturated rings. The number of benzene rings is 1. The van der Waals surface area contributed by atoms with Crippen LogP contribution in [-0.2, 0) is 16.1 Å². The van der Waals surface area contributed by atoms with Crippen molar-refractivity contribution in [3.63, 3.8) is 0 Å². The molecule has 1 aromatic rings. The van der Waals surface area contributed by atoms with E-state index in [4.69, 9.17) is 4.74 Å². The third-order valence-corrected chi connectivity index (χ3v) is 4.83. The Morgan fingerprint density at radius 2 is 1.60 bits per heavy atom. The molecule has 0 saturated heterocycles. The molecule has 2 rings (SSSR count). The van der Waals surface area contributed by atoms with E-state index in [1.807, 2.05) is 30.3 Å². The summed E-state index contributed by atoms with van der Waals surface area (Å²) in [5, 5.41) is 12.6. The average Bonchev–Trinajstić information content (AvgIpc) is 2.49. The van der Waals surface area contributed by atoms with Gasteiger partial charge in [0, 0.05) is 6.54 Å². The molecule has 0 heterocycles. The standard InChI is InChI=1S/C20H29NO4/c1-18(2)11-19(3,4)13-20(12-18,16(22)23)14-21-17(24)25-10-15-8-6-5-7-9-15/h5-9H,10-14H2,1-4H3,(H,21,24)(H,22,23). The lowest BCUT2D eigenvalue weighted by atomic mass is 9.55. The lowest BCUT2D eigenvalue weighted by Gasteiger charge is -2.50. The van der Waals surface area contributed by atoms with Crippen molar-refractivity contribution in [2.24, 2.45) is 16.2 Å². The van der Waals surface area contributed by atoms with Gasteiger partial charge in [0.25, 0.3) is 0 Å². The lowest BCUT2D eigenvalue weighted by Crippen LogP contribution is -2.51. The summed E-state index contributed by atoms with van der Waals surface area (Å²) in [6.45, 7) is 8.64. The van der Waals surface area contributed by atoms with Gasteiger partial charge in [-0.3, -0.25) is 4.79 Å². The summed E-state index contributed by atoms with van der Waals surface area (Å²) in [5.41, 5.74) is -0.242. The maximum absolute atomic E-state index is 12.1. The van der Waals surface area contributed by atoms with Crippen LogP contribution < -0.4 is 5.32 Å².